The van der Waals surface area contributed by atoms with Crippen molar-refractivity contribution in [3.63, 3.8) is 0 Å². The molecule has 17 heavy (non-hydrogen) atoms. The fraction of sp³-hybridized carbons (Fsp3) is 0.583. The molecule has 1 aromatic heterocycles. The summed E-state index contributed by atoms with van der Waals surface area (Å²) in [6, 6.07) is 1.79. The van der Waals surface area contributed by atoms with Crippen LogP contribution in [0.5, 0.6) is 0 Å². The van der Waals surface area contributed by atoms with Crippen LogP contribution in [0.25, 0.3) is 0 Å². The Kier molecular flexibility index (Phi) is 5.61. The van der Waals surface area contributed by atoms with Crippen LogP contribution in [0.1, 0.15) is 26.5 Å². The highest BCUT2D eigenvalue weighted by molar-refractivity contribution is 7.14. The molecule has 0 saturated carbocycles. The molecule has 0 amide bonds. The number of hydrogen-bond donors (Lipinski definition) is 2. The first kappa shape index (κ1) is 14.2. The van der Waals surface area contributed by atoms with Gasteiger partial charge in [0, 0.05) is 11.4 Å². The van der Waals surface area contributed by atoms with Crippen molar-refractivity contribution in [2.45, 2.75) is 19.9 Å². The van der Waals surface area contributed by atoms with Crippen molar-refractivity contribution in [3.8, 4) is 0 Å². The summed E-state index contributed by atoms with van der Waals surface area (Å²) in [6.07, 6.45) is 1.10. The summed E-state index contributed by atoms with van der Waals surface area (Å²) in [5.41, 5.74) is 1.12. The van der Waals surface area contributed by atoms with Gasteiger partial charge in [-0.1, -0.05) is 0 Å². The van der Waals surface area contributed by atoms with Crippen molar-refractivity contribution < 1.29 is 9.90 Å². The Morgan fingerprint density at radius 3 is 2.82 bits per heavy atom. The largest absolute Gasteiger partial charge is 0.477 e. The lowest BCUT2D eigenvalue weighted by Crippen LogP contribution is -2.22. The lowest BCUT2D eigenvalue weighted by Gasteiger charge is -2.16. The van der Waals surface area contributed by atoms with Gasteiger partial charge in [-0.05, 0) is 52.2 Å². The Balaban J connectivity index is 2.52. The average Bonchev–Trinajstić information content (AvgIpc) is 2.61. The number of aromatic carboxylic acids is 1. The highest BCUT2D eigenvalue weighted by Gasteiger charge is 2.12. The van der Waals surface area contributed by atoms with Gasteiger partial charge >= 0.3 is 5.97 Å². The molecular formula is C12H20N2O2S. The molecule has 0 aliphatic heterocycles. The van der Waals surface area contributed by atoms with Crippen molar-refractivity contribution in [2.75, 3.05) is 27.2 Å². The van der Waals surface area contributed by atoms with Crippen molar-refractivity contribution in [1.82, 2.24) is 10.2 Å². The van der Waals surface area contributed by atoms with Gasteiger partial charge in [-0.25, -0.2) is 4.79 Å². The molecule has 0 atom stereocenters. The quantitative estimate of drug-likeness (QED) is 0.730. The zero-order valence-electron chi connectivity index (χ0n) is 10.6. The van der Waals surface area contributed by atoms with Crippen molar-refractivity contribution >= 4 is 17.3 Å². The maximum absolute atomic E-state index is 10.9. The summed E-state index contributed by atoms with van der Waals surface area (Å²) in [6.45, 7) is 4.82. The predicted octanol–water partition coefficient (Wildman–Crippen LogP) is 1.80. The van der Waals surface area contributed by atoms with Gasteiger partial charge in [-0.2, -0.15) is 0 Å². The molecule has 2 N–H and O–H groups in total. The maximum atomic E-state index is 10.9. The second-order valence-corrected chi connectivity index (χ2v) is 5.45. The number of carbonyl (C=O) groups is 1. The third kappa shape index (κ3) is 4.46. The Morgan fingerprint density at radius 2 is 2.29 bits per heavy atom. The van der Waals surface area contributed by atoms with E-state index in [1.807, 2.05) is 14.0 Å². The van der Waals surface area contributed by atoms with Crippen LogP contribution >= 0.6 is 11.3 Å². The van der Waals surface area contributed by atoms with E-state index in [1.165, 1.54) is 11.3 Å². The minimum absolute atomic E-state index is 0.432. The minimum Gasteiger partial charge on any atom is -0.477 e. The van der Waals surface area contributed by atoms with E-state index in [-0.39, 0.29) is 0 Å². The van der Waals surface area contributed by atoms with Crippen LogP contribution in [0, 0.1) is 6.92 Å². The van der Waals surface area contributed by atoms with E-state index in [9.17, 15) is 4.79 Å². The van der Waals surface area contributed by atoms with Gasteiger partial charge in [0.15, 0.2) is 0 Å². The monoisotopic (exact) mass is 256 g/mol. The smallest absolute Gasteiger partial charge is 0.345 e. The van der Waals surface area contributed by atoms with Crippen LogP contribution in [0.15, 0.2) is 6.07 Å². The lowest BCUT2D eigenvalue weighted by molar-refractivity contribution is 0.0702. The van der Waals surface area contributed by atoms with E-state index in [4.69, 9.17) is 5.11 Å². The SMILES string of the molecule is CNCCCN(C)Cc1cc(C(=O)O)sc1C. The molecule has 0 aliphatic carbocycles. The Bertz CT molecular complexity index is 377. The number of aryl methyl sites for hydroxylation is 1. The molecular weight excluding hydrogens is 236 g/mol. The zero-order valence-corrected chi connectivity index (χ0v) is 11.4. The van der Waals surface area contributed by atoms with Gasteiger partial charge in [0.2, 0.25) is 0 Å². The first-order chi connectivity index (χ1) is 8.04. The van der Waals surface area contributed by atoms with E-state index in [0.717, 1.165) is 36.5 Å². The number of thiophene rings is 1. The van der Waals surface area contributed by atoms with Gasteiger partial charge in [0.1, 0.15) is 4.88 Å². The summed E-state index contributed by atoms with van der Waals surface area (Å²) in [5.74, 6) is -0.831. The van der Waals surface area contributed by atoms with Crippen molar-refractivity contribution in [3.05, 3.63) is 21.4 Å². The third-order valence-electron chi connectivity index (χ3n) is 2.64. The number of carboxylic acids is 1. The second-order valence-electron chi connectivity index (χ2n) is 4.19. The highest BCUT2D eigenvalue weighted by atomic mass is 32.1. The topological polar surface area (TPSA) is 52.6 Å². The summed E-state index contributed by atoms with van der Waals surface area (Å²) >= 11 is 1.35. The molecule has 1 rings (SSSR count). The van der Waals surface area contributed by atoms with Crippen LogP contribution in [-0.2, 0) is 6.54 Å². The first-order valence-electron chi connectivity index (χ1n) is 5.70. The fourth-order valence-corrected chi connectivity index (χ4v) is 2.55. The number of carboxylic acid groups (broad SMARTS) is 1. The molecule has 0 spiro atoms. The van der Waals surface area contributed by atoms with Crippen LogP contribution in [-0.4, -0.2) is 43.2 Å². The molecule has 4 nitrogen and oxygen atoms in total. The third-order valence-corrected chi connectivity index (χ3v) is 3.72. The standard InChI is InChI=1S/C12H20N2O2S/c1-9-10(7-11(17-9)12(15)16)8-14(3)6-4-5-13-2/h7,13H,4-6,8H2,1-3H3,(H,15,16). The van der Waals surface area contributed by atoms with Crippen molar-refractivity contribution in [2.24, 2.45) is 0 Å². The molecule has 0 saturated heterocycles. The first-order valence-corrected chi connectivity index (χ1v) is 6.52. The van der Waals surface area contributed by atoms with Gasteiger partial charge in [0.25, 0.3) is 0 Å². The molecule has 0 aliphatic rings. The number of nitrogens with one attached hydrogen (secondary N) is 1. The van der Waals surface area contributed by atoms with Crippen LogP contribution in [0.2, 0.25) is 0 Å². The summed E-state index contributed by atoms with van der Waals surface area (Å²) in [7, 11) is 4.01. The Hall–Kier alpha value is -0.910. The van der Waals surface area contributed by atoms with Crippen LogP contribution < -0.4 is 5.32 Å². The van der Waals surface area contributed by atoms with Crippen LogP contribution in [0.4, 0.5) is 0 Å². The normalized spacial score (nSPS) is 11.1. The number of nitrogens with zero attached hydrogens (tertiary/aromatic N) is 1. The van der Waals surface area contributed by atoms with Crippen molar-refractivity contribution in [1.29, 1.82) is 0 Å². The van der Waals surface area contributed by atoms with Gasteiger partial charge in [-0.15, -0.1) is 11.3 Å². The van der Waals surface area contributed by atoms with Gasteiger partial charge < -0.3 is 15.3 Å². The van der Waals surface area contributed by atoms with Crippen LogP contribution in [0.3, 0.4) is 0 Å². The minimum atomic E-state index is -0.831. The highest BCUT2D eigenvalue weighted by Crippen LogP contribution is 2.22. The maximum Gasteiger partial charge on any atom is 0.345 e. The number of rotatable bonds is 7. The van der Waals surface area contributed by atoms with Gasteiger partial charge in [-0.3, -0.25) is 0 Å². The van der Waals surface area contributed by atoms with E-state index in [1.54, 1.807) is 6.07 Å². The zero-order chi connectivity index (χ0) is 12.8. The average molecular weight is 256 g/mol. The fourth-order valence-electron chi connectivity index (χ4n) is 1.68. The molecule has 0 unspecified atom stereocenters. The van der Waals surface area contributed by atoms with E-state index >= 15 is 0 Å². The molecule has 1 heterocycles. The van der Waals surface area contributed by atoms with E-state index < -0.39 is 5.97 Å². The molecule has 0 bridgehead atoms. The molecule has 0 aromatic carbocycles. The number of hydrogen-bond acceptors (Lipinski definition) is 4. The lowest BCUT2D eigenvalue weighted by atomic mass is 10.2. The molecule has 96 valence electrons. The summed E-state index contributed by atoms with van der Waals surface area (Å²) in [5, 5.41) is 12.0. The predicted molar refractivity (Wildman–Crippen MR) is 70.9 cm³/mol. The summed E-state index contributed by atoms with van der Waals surface area (Å²) < 4.78 is 0. The summed E-state index contributed by atoms with van der Waals surface area (Å²) in [4.78, 5) is 14.6. The second kappa shape index (κ2) is 6.74. The molecule has 1 aromatic rings. The Labute approximate surface area is 106 Å². The van der Waals surface area contributed by atoms with E-state index in [0.29, 0.717) is 4.88 Å². The molecule has 0 fully saturated rings. The van der Waals surface area contributed by atoms with E-state index in [2.05, 4.69) is 17.3 Å². The Morgan fingerprint density at radius 1 is 1.59 bits per heavy atom. The molecule has 0 radical (unpaired) electrons. The molecule has 5 heteroatoms. The van der Waals surface area contributed by atoms with Gasteiger partial charge in [0.05, 0.1) is 0 Å².